The Hall–Kier alpha value is -0.600. The van der Waals surface area contributed by atoms with Crippen molar-refractivity contribution in [2.75, 3.05) is 5.75 Å². The second-order valence-electron chi connectivity index (χ2n) is 2.43. The summed E-state index contributed by atoms with van der Waals surface area (Å²) in [5, 5.41) is 0. The molecule has 0 unspecified atom stereocenters. The molecule has 0 rings (SSSR count). The maximum atomic E-state index is 11.8. The SMILES string of the molecule is O=C(CCS)OC(C(F)(F)F)C(F)(F)F. The molecule has 0 aromatic carbocycles. The maximum absolute atomic E-state index is 11.8. The van der Waals surface area contributed by atoms with E-state index in [-0.39, 0.29) is 5.75 Å². The molecule has 0 saturated carbocycles. The molecule has 0 atom stereocenters. The number of esters is 1. The first kappa shape index (κ1) is 14.4. The van der Waals surface area contributed by atoms with E-state index in [1.165, 1.54) is 0 Å². The average molecular weight is 256 g/mol. The number of hydrogen-bond donors (Lipinski definition) is 1. The van der Waals surface area contributed by atoms with Crippen molar-refractivity contribution in [2.24, 2.45) is 0 Å². The molecular weight excluding hydrogens is 250 g/mol. The Morgan fingerprint density at radius 1 is 1.13 bits per heavy atom. The molecule has 15 heavy (non-hydrogen) atoms. The van der Waals surface area contributed by atoms with Crippen molar-refractivity contribution in [1.82, 2.24) is 0 Å². The number of hydrogen-bond acceptors (Lipinski definition) is 3. The van der Waals surface area contributed by atoms with Crippen LogP contribution in [0.1, 0.15) is 6.42 Å². The summed E-state index contributed by atoms with van der Waals surface area (Å²) in [6.45, 7) is 0. The minimum atomic E-state index is -5.66. The Morgan fingerprint density at radius 2 is 1.53 bits per heavy atom. The van der Waals surface area contributed by atoms with Gasteiger partial charge in [0.25, 0.3) is 6.10 Å². The molecule has 0 amide bonds. The number of ether oxygens (including phenoxy) is 1. The normalized spacial score (nSPS) is 13.1. The first-order valence-corrected chi connectivity index (χ1v) is 4.16. The average Bonchev–Trinajstić information content (AvgIpc) is 1.96. The van der Waals surface area contributed by atoms with E-state index >= 15 is 0 Å². The summed E-state index contributed by atoms with van der Waals surface area (Å²) < 4.78 is 74.1. The van der Waals surface area contributed by atoms with Gasteiger partial charge < -0.3 is 4.74 Å². The van der Waals surface area contributed by atoms with Gasteiger partial charge in [-0.25, -0.2) is 0 Å². The Kier molecular flexibility index (Phi) is 4.75. The van der Waals surface area contributed by atoms with Gasteiger partial charge >= 0.3 is 18.3 Å². The zero-order valence-corrected chi connectivity index (χ0v) is 7.92. The van der Waals surface area contributed by atoms with E-state index < -0.39 is 30.8 Å². The monoisotopic (exact) mass is 256 g/mol. The van der Waals surface area contributed by atoms with Gasteiger partial charge in [-0.2, -0.15) is 39.0 Å². The summed E-state index contributed by atoms with van der Waals surface area (Å²) in [5.41, 5.74) is 0. The number of carbonyl (C=O) groups is 1. The standard InChI is InChI=1S/C6H6F6O2S/c7-5(8,9)4(6(10,11)12)14-3(13)1-2-15/h4,15H,1-2H2. The Balaban J connectivity index is 4.62. The van der Waals surface area contributed by atoms with Gasteiger partial charge in [-0.15, -0.1) is 0 Å². The Bertz CT molecular complexity index is 209. The van der Waals surface area contributed by atoms with Crippen LogP contribution in [0.25, 0.3) is 0 Å². The molecule has 0 spiro atoms. The van der Waals surface area contributed by atoms with Gasteiger partial charge in [-0.05, 0) is 0 Å². The molecule has 0 fully saturated rings. The quantitative estimate of drug-likeness (QED) is 0.476. The lowest BCUT2D eigenvalue weighted by Crippen LogP contribution is -2.45. The van der Waals surface area contributed by atoms with Crippen molar-refractivity contribution in [2.45, 2.75) is 24.9 Å². The van der Waals surface area contributed by atoms with Crippen molar-refractivity contribution in [1.29, 1.82) is 0 Å². The summed E-state index contributed by atoms with van der Waals surface area (Å²) in [4.78, 5) is 10.5. The smallest absolute Gasteiger partial charge is 0.434 e. The number of alkyl halides is 6. The topological polar surface area (TPSA) is 26.3 Å². The minimum absolute atomic E-state index is 0.193. The number of thiol groups is 1. The van der Waals surface area contributed by atoms with Gasteiger partial charge in [0.15, 0.2) is 0 Å². The van der Waals surface area contributed by atoms with E-state index in [0.29, 0.717) is 0 Å². The lowest BCUT2D eigenvalue weighted by Gasteiger charge is -2.22. The molecule has 0 aliphatic carbocycles. The maximum Gasteiger partial charge on any atom is 0.434 e. The lowest BCUT2D eigenvalue weighted by atomic mass is 10.3. The highest BCUT2D eigenvalue weighted by Gasteiger charge is 2.59. The van der Waals surface area contributed by atoms with Gasteiger partial charge in [0.2, 0.25) is 0 Å². The van der Waals surface area contributed by atoms with E-state index in [1.54, 1.807) is 0 Å². The largest absolute Gasteiger partial charge is 0.443 e. The molecule has 0 aromatic heterocycles. The molecular formula is C6H6F6O2S. The van der Waals surface area contributed by atoms with Crippen molar-refractivity contribution < 1.29 is 35.9 Å². The van der Waals surface area contributed by atoms with Crippen LogP contribution >= 0.6 is 12.6 Å². The summed E-state index contributed by atoms with van der Waals surface area (Å²) in [6, 6.07) is 0. The van der Waals surface area contributed by atoms with E-state index in [1.807, 2.05) is 0 Å². The highest BCUT2D eigenvalue weighted by Crippen LogP contribution is 2.35. The van der Waals surface area contributed by atoms with Crippen LogP contribution in [-0.4, -0.2) is 30.2 Å². The first-order chi connectivity index (χ1) is 6.59. The molecule has 0 aliphatic rings. The third-order valence-corrected chi connectivity index (χ3v) is 1.38. The van der Waals surface area contributed by atoms with Gasteiger partial charge in [0.1, 0.15) is 0 Å². The number of halogens is 6. The molecule has 0 saturated heterocycles. The third kappa shape index (κ3) is 5.14. The fraction of sp³-hybridized carbons (Fsp3) is 0.833. The number of carbonyl (C=O) groups excluding carboxylic acids is 1. The number of rotatable bonds is 3. The van der Waals surface area contributed by atoms with Gasteiger partial charge in [0, 0.05) is 5.75 Å². The van der Waals surface area contributed by atoms with Crippen LogP contribution in [0.15, 0.2) is 0 Å². The van der Waals surface area contributed by atoms with Gasteiger partial charge in [-0.1, -0.05) is 0 Å². The summed E-state index contributed by atoms with van der Waals surface area (Å²) in [6.07, 6.45) is -16.0. The molecule has 0 aliphatic heterocycles. The van der Waals surface area contributed by atoms with Crippen molar-refractivity contribution >= 4 is 18.6 Å². The van der Waals surface area contributed by atoms with E-state index in [0.717, 1.165) is 0 Å². The van der Waals surface area contributed by atoms with Crippen LogP contribution in [0.3, 0.4) is 0 Å². The zero-order chi connectivity index (χ0) is 12.3. The van der Waals surface area contributed by atoms with Crippen LogP contribution in [0.5, 0.6) is 0 Å². The van der Waals surface area contributed by atoms with E-state index in [2.05, 4.69) is 17.4 Å². The minimum Gasteiger partial charge on any atom is -0.443 e. The fourth-order valence-electron chi connectivity index (χ4n) is 0.601. The van der Waals surface area contributed by atoms with Gasteiger partial charge in [-0.3, -0.25) is 4.79 Å². The molecule has 0 aromatic rings. The molecule has 0 N–H and O–H groups in total. The van der Waals surface area contributed by atoms with Crippen molar-refractivity contribution in [3.63, 3.8) is 0 Å². The summed E-state index contributed by atoms with van der Waals surface area (Å²) in [7, 11) is 0. The molecule has 0 radical (unpaired) electrons. The first-order valence-electron chi connectivity index (χ1n) is 3.52. The predicted molar refractivity (Wildman–Crippen MR) is 40.5 cm³/mol. The second kappa shape index (κ2) is 4.95. The zero-order valence-electron chi connectivity index (χ0n) is 7.02. The molecule has 2 nitrogen and oxygen atoms in total. The van der Waals surface area contributed by atoms with Crippen LogP contribution in [0.2, 0.25) is 0 Å². The predicted octanol–water partition coefficient (Wildman–Crippen LogP) is 2.34. The van der Waals surface area contributed by atoms with Crippen LogP contribution in [-0.2, 0) is 9.53 Å². The van der Waals surface area contributed by atoms with Gasteiger partial charge in [0.05, 0.1) is 6.42 Å². The molecule has 0 bridgehead atoms. The van der Waals surface area contributed by atoms with Crippen molar-refractivity contribution in [3.05, 3.63) is 0 Å². The van der Waals surface area contributed by atoms with Crippen LogP contribution < -0.4 is 0 Å². The fourth-order valence-corrected chi connectivity index (χ4v) is 0.783. The molecule has 90 valence electrons. The second-order valence-corrected chi connectivity index (χ2v) is 2.87. The Labute approximate surface area is 86.0 Å². The highest BCUT2D eigenvalue weighted by atomic mass is 32.1. The summed E-state index contributed by atoms with van der Waals surface area (Å²) in [5.74, 6) is -1.79. The molecule has 0 heterocycles. The van der Waals surface area contributed by atoms with Crippen LogP contribution in [0.4, 0.5) is 26.3 Å². The van der Waals surface area contributed by atoms with E-state index in [4.69, 9.17) is 0 Å². The lowest BCUT2D eigenvalue weighted by molar-refractivity contribution is -0.313. The van der Waals surface area contributed by atoms with Crippen LogP contribution in [0, 0.1) is 0 Å². The van der Waals surface area contributed by atoms with Crippen molar-refractivity contribution in [3.8, 4) is 0 Å². The molecule has 9 heteroatoms. The third-order valence-electron chi connectivity index (χ3n) is 1.16. The summed E-state index contributed by atoms with van der Waals surface area (Å²) >= 11 is 3.46. The van der Waals surface area contributed by atoms with E-state index in [9.17, 15) is 31.1 Å². The highest BCUT2D eigenvalue weighted by molar-refractivity contribution is 7.80. The Morgan fingerprint density at radius 3 is 1.80 bits per heavy atom.